The zero-order valence-corrected chi connectivity index (χ0v) is 15.8. The molecular weight excluding hydrogens is 382 g/mol. The molecule has 0 aliphatic rings. The van der Waals surface area contributed by atoms with Gasteiger partial charge in [-0.2, -0.15) is 15.3 Å². The zero-order valence-electron chi connectivity index (χ0n) is 15.8. The largest absolute Gasteiger partial charge is 0.339 e. The molecule has 0 aliphatic heterocycles. The molecular formula is C21H15N7O2. The van der Waals surface area contributed by atoms with Gasteiger partial charge in [-0.05, 0) is 11.6 Å². The molecule has 0 fully saturated rings. The second-order valence-corrected chi connectivity index (χ2v) is 6.25. The van der Waals surface area contributed by atoms with Crippen LogP contribution in [0.1, 0.15) is 17.0 Å². The molecule has 9 heteroatoms. The third-order valence-corrected chi connectivity index (χ3v) is 4.13. The van der Waals surface area contributed by atoms with Crippen molar-refractivity contribution < 1.29 is 4.52 Å². The van der Waals surface area contributed by atoms with E-state index in [1.54, 1.807) is 25.3 Å². The minimum atomic E-state index is -0.543. The summed E-state index contributed by atoms with van der Waals surface area (Å²) in [6.07, 6.45) is 1.57. The molecule has 0 amide bonds. The standard InChI is InChI=1S/C21H15N7O2/c1-13-24-19(28-30-13)16-9-5-6-14(10-16)12-23-27-21-25-18(15-7-3-2-4-8-15)17(11-22)20(29)26-21/h2-10,12H,1H3,(H2,25,26,27,29). The van der Waals surface area contributed by atoms with Gasteiger partial charge < -0.3 is 4.52 Å². The third kappa shape index (κ3) is 3.98. The van der Waals surface area contributed by atoms with Gasteiger partial charge in [-0.1, -0.05) is 53.7 Å². The highest BCUT2D eigenvalue weighted by molar-refractivity contribution is 5.82. The normalized spacial score (nSPS) is 10.8. The molecule has 4 rings (SSSR count). The average Bonchev–Trinajstić information content (AvgIpc) is 3.21. The second kappa shape index (κ2) is 8.20. The number of hydrazone groups is 1. The maximum absolute atomic E-state index is 12.3. The summed E-state index contributed by atoms with van der Waals surface area (Å²) in [6, 6.07) is 18.3. The van der Waals surface area contributed by atoms with Crippen molar-refractivity contribution in [2.45, 2.75) is 6.92 Å². The molecule has 9 nitrogen and oxygen atoms in total. The first-order valence-electron chi connectivity index (χ1n) is 8.93. The lowest BCUT2D eigenvalue weighted by Gasteiger charge is -2.06. The van der Waals surface area contributed by atoms with E-state index in [4.69, 9.17) is 4.52 Å². The fraction of sp³-hybridized carbons (Fsp3) is 0.0476. The van der Waals surface area contributed by atoms with Crippen molar-refractivity contribution in [2.75, 3.05) is 5.43 Å². The van der Waals surface area contributed by atoms with E-state index in [1.165, 1.54) is 0 Å². The molecule has 0 bridgehead atoms. The topological polar surface area (TPSA) is 133 Å². The first-order valence-corrected chi connectivity index (χ1v) is 8.93. The number of benzene rings is 2. The predicted octanol–water partition coefficient (Wildman–Crippen LogP) is 3.11. The molecule has 2 aromatic carbocycles. The van der Waals surface area contributed by atoms with Crippen LogP contribution in [-0.2, 0) is 0 Å². The number of rotatable bonds is 5. The van der Waals surface area contributed by atoms with Gasteiger partial charge in [0.1, 0.15) is 11.6 Å². The van der Waals surface area contributed by atoms with E-state index in [-0.39, 0.29) is 17.2 Å². The van der Waals surface area contributed by atoms with Crippen LogP contribution < -0.4 is 11.0 Å². The zero-order chi connectivity index (χ0) is 20.9. The fourth-order valence-electron chi connectivity index (χ4n) is 2.78. The van der Waals surface area contributed by atoms with Crippen molar-refractivity contribution in [3.63, 3.8) is 0 Å². The summed E-state index contributed by atoms with van der Waals surface area (Å²) in [4.78, 5) is 23.3. The summed E-state index contributed by atoms with van der Waals surface area (Å²) in [5.41, 5.74) is 4.61. The van der Waals surface area contributed by atoms with Crippen LogP contribution in [0, 0.1) is 18.3 Å². The van der Waals surface area contributed by atoms with E-state index in [0.717, 1.165) is 11.1 Å². The molecule has 30 heavy (non-hydrogen) atoms. The first kappa shape index (κ1) is 18.8. The Balaban J connectivity index is 1.59. The Morgan fingerprint density at radius 2 is 1.93 bits per heavy atom. The number of hydrogen-bond donors (Lipinski definition) is 2. The lowest BCUT2D eigenvalue weighted by atomic mass is 10.1. The van der Waals surface area contributed by atoms with Crippen molar-refractivity contribution in [1.82, 2.24) is 20.1 Å². The number of aryl methyl sites for hydroxylation is 1. The molecule has 2 N–H and O–H groups in total. The number of nitriles is 1. The van der Waals surface area contributed by atoms with Crippen LogP contribution in [0.15, 0.2) is 69.0 Å². The molecule has 0 spiro atoms. The quantitative estimate of drug-likeness (QED) is 0.390. The highest BCUT2D eigenvalue weighted by Gasteiger charge is 2.12. The van der Waals surface area contributed by atoms with Gasteiger partial charge in [-0.3, -0.25) is 9.78 Å². The Bertz CT molecular complexity index is 1320. The van der Waals surface area contributed by atoms with Gasteiger partial charge in [0.15, 0.2) is 0 Å². The fourth-order valence-corrected chi connectivity index (χ4v) is 2.78. The Hall–Kier alpha value is -4.58. The van der Waals surface area contributed by atoms with Crippen LogP contribution >= 0.6 is 0 Å². The number of aromatic amines is 1. The van der Waals surface area contributed by atoms with Gasteiger partial charge in [0.05, 0.1) is 11.9 Å². The highest BCUT2D eigenvalue weighted by atomic mass is 16.5. The van der Waals surface area contributed by atoms with Crippen molar-refractivity contribution in [1.29, 1.82) is 5.26 Å². The molecule has 0 atom stereocenters. The number of nitrogens with one attached hydrogen (secondary N) is 2. The summed E-state index contributed by atoms with van der Waals surface area (Å²) < 4.78 is 5.00. The van der Waals surface area contributed by atoms with E-state index in [2.05, 4.69) is 30.6 Å². The lowest BCUT2D eigenvalue weighted by Crippen LogP contribution is -2.16. The number of aromatic nitrogens is 4. The summed E-state index contributed by atoms with van der Waals surface area (Å²) in [5, 5.41) is 17.3. The molecule has 0 saturated carbocycles. The van der Waals surface area contributed by atoms with Gasteiger partial charge in [0.25, 0.3) is 5.56 Å². The van der Waals surface area contributed by atoms with E-state index < -0.39 is 5.56 Å². The van der Waals surface area contributed by atoms with Gasteiger partial charge in [-0.15, -0.1) is 0 Å². The summed E-state index contributed by atoms with van der Waals surface area (Å²) in [5.74, 6) is 1.09. The van der Waals surface area contributed by atoms with Crippen LogP contribution in [0.4, 0.5) is 5.95 Å². The third-order valence-electron chi connectivity index (χ3n) is 4.13. The predicted molar refractivity (Wildman–Crippen MR) is 111 cm³/mol. The molecule has 0 unspecified atom stereocenters. The Labute approximate surface area is 170 Å². The van der Waals surface area contributed by atoms with Gasteiger partial charge in [0, 0.05) is 18.1 Å². The minimum Gasteiger partial charge on any atom is -0.339 e. The Morgan fingerprint density at radius 1 is 1.13 bits per heavy atom. The van der Waals surface area contributed by atoms with E-state index >= 15 is 0 Å². The van der Waals surface area contributed by atoms with Crippen LogP contribution in [-0.4, -0.2) is 26.3 Å². The molecule has 4 aromatic rings. The smallest absolute Gasteiger partial charge is 0.270 e. The number of hydrogen-bond acceptors (Lipinski definition) is 8. The van der Waals surface area contributed by atoms with E-state index in [0.29, 0.717) is 17.3 Å². The Kier molecular flexibility index (Phi) is 5.13. The molecule has 146 valence electrons. The van der Waals surface area contributed by atoms with Crippen molar-refractivity contribution in [3.05, 3.63) is 82.0 Å². The summed E-state index contributed by atoms with van der Waals surface area (Å²) in [6.45, 7) is 1.72. The van der Waals surface area contributed by atoms with E-state index in [1.807, 2.05) is 48.5 Å². The van der Waals surface area contributed by atoms with Crippen molar-refractivity contribution in [3.8, 4) is 28.7 Å². The highest BCUT2D eigenvalue weighted by Crippen LogP contribution is 2.19. The van der Waals surface area contributed by atoms with Gasteiger partial charge in [-0.25, -0.2) is 10.4 Å². The number of nitrogens with zero attached hydrogens (tertiary/aromatic N) is 5. The molecule has 2 aromatic heterocycles. The summed E-state index contributed by atoms with van der Waals surface area (Å²) >= 11 is 0. The van der Waals surface area contributed by atoms with Crippen LogP contribution in [0.5, 0.6) is 0 Å². The summed E-state index contributed by atoms with van der Waals surface area (Å²) in [7, 11) is 0. The number of H-pyrrole nitrogens is 1. The van der Waals surface area contributed by atoms with Crippen molar-refractivity contribution in [2.24, 2.45) is 5.10 Å². The van der Waals surface area contributed by atoms with Crippen molar-refractivity contribution >= 4 is 12.2 Å². The maximum atomic E-state index is 12.3. The first-order chi connectivity index (χ1) is 14.6. The second-order valence-electron chi connectivity index (χ2n) is 6.25. The molecule has 0 aliphatic carbocycles. The lowest BCUT2D eigenvalue weighted by molar-refractivity contribution is 0.394. The van der Waals surface area contributed by atoms with Crippen LogP contribution in [0.2, 0.25) is 0 Å². The monoisotopic (exact) mass is 397 g/mol. The molecule has 2 heterocycles. The molecule has 0 saturated heterocycles. The SMILES string of the molecule is Cc1nc(-c2cccc(C=NNc3nc(-c4ccccc4)c(C#N)c(=O)[nH]3)c2)no1. The Morgan fingerprint density at radius 3 is 2.67 bits per heavy atom. The van der Waals surface area contributed by atoms with Crippen LogP contribution in [0.3, 0.4) is 0 Å². The molecule has 0 radical (unpaired) electrons. The van der Waals surface area contributed by atoms with Gasteiger partial charge in [0.2, 0.25) is 17.7 Å². The average molecular weight is 397 g/mol. The van der Waals surface area contributed by atoms with Gasteiger partial charge >= 0.3 is 0 Å². The minimum absolute atomic E-state index is 0.0566. The van der Waals surface area contributed by atoms with Crippen LogP contribution in [0.25, 0.3) is 22.6 Å². The number of anilines is 1. The van der Waals surface area contributed by atoms with E-state index in [9.17, 15) is 10.1 Å². The maximum Gasteiger partial charge on any atom is 0.270 e.